The summed E-state index contributed by atoms with van der Waals surface area (Å²) in [4.78, 5) is 17.5. The Morgan fingerprint density at radius 2 is 1.79 bits per heavy atom. The van der Waals surface area contributed by atoms with E-state index in [4.69, 9.17) is 23.2 Å². The van der Waals surface area contributed by atoms with Crippen molar-refractivity contribution in [1.29, 1.82) is 0 Å². The lowest BCUT2D eigenvalue weighted by Gasteiger charge is -2.00. The Labute approximate surface area is 89.2 Å². The van der Waals surface area contributed by atoms with Crippen LogP contribution in [-0.4, -0.2) is 14.9 Å². The lowest BCUT2D eigenvalue weighted by atomic mass is 10.4. The summed E-state index contributed by atoms with van der Waals surface area (Å²) in [6.07, 6.45) is 1.98. The molecule has 1 aromatic heterocycles. The third-order valence-corrected chi connectivity index (χ3v) is 2.47. The Bertz CT molecular complexity index is 383. The van der Waals surface area contributed by atoms with E-state index >= 15 is 0 Å². The van der Waals surface area contributed by atoms with Crippen LogP contribution in [0.5, 0.6) is 0 Å². The molecule has 0 N–H and O–H groups in total. The summed E-state index contributed by atoms with van der Waals surface area (Å²) in [5.41, 5.74) is -0.419. The number of hydrogen-bond donors (Lipinski definition) is 0. The number of hydrogen-bond acceptors (Lipinski definition) is 4. The molecule has 0 aliphatic heterocycles. The number of nitro groups is 1. The molecule has 1 aromatic rings. The fourth-order valence-electron chi connectivity index (χ4n) is 1.09. The maximum absolute atomic E-state index is 10.5. The molecule has 0 saturated heterocycles. The van der Waals surface area contributed by atoms with E-state index in [1.54, 1.807) is 0 Å². The van der Waals surface area contributed by atoms with Crippen LogP contribution >= 0.6 is 23.2 Å². The smallest absolute Gasteiger partial charge is 0.258 e. The zero-order valence-corrected chi connectivity index (χ0v) is 8.42. The van der Waals surface area contributed by atoms with Gasteiger partial charge in [-0.05, 0) is 12.8 Å². The number of rotatable bonds is 2. The molecule has 0 atom stereocenters. The van der Waals surface area contributed by atoms with Gasteiger partial charge in [0.15, 0.2) is 0 Å². The number of aromatic nitrogens is 2. The molecule has 1 aliphatic carbocycles. The first-order valence-corrected chi connectivity index (χ1v) is 4.72. The average molecular weight is 234 g/mol. The van der Waals surface area contributed by atoms with Crippen molar-refractivity contribution in [2.75, 3.05) is 0 Å². The van der Waals surface area contributed by atoms with Gasteiger partial charge in [-0.25, -0.2) is 9.97 Å². The highest BCUT2D eigenvalue weighted by Gasteiger charge is 2.30. The maximum Gasteiger partial charge on any atom is 0.343 e. The third kappa shape index (κ3) is 1.65. The fraction of sp³-hybridized carbons (Fsp3) is 0.429. The molecule has 1 heterocycles. The van der Waals surface area contributed by atoms with Gasteiger partial charge in [0.2, 0.25) is 10.3 Å². The van der Waals surface area contributed by atoms with Gasteiger partial charge < -0.3 is 0 Å². The number of halogens is 2. The van der Waals surface area contributed by atoms with E-state index in [1.807, 2.05) is 0 Å². The fourth-order valence-corrected chi connectivity index (χ4v) is 1.63. The van der Waals surface area contributed by atoms with E-state index in [0.717, 1.165) is 12.8 Å². The highest BCUT2D eigenvalue weighted by atomic mass is 35.5. The minimum absolute atomic E-state index is 0.183. The van der Waals surface area contributed by atoms with Gasteiger partial charge in [-0.3, -0.25) is 10.1 Å². The molecule has 0 aromatic carbocycles. The Hall–Kier alpha value is -0.940. The van der Waals surface area contributed by atoms with Gasteiger partial charge >= 0.3 is 5.69 Å². The van der Waals surface area contributed by atoms with E-state index in [-0.39, 0.29) is 16.2 Å². The Balaban J connectivity index is 2.49. The van der Waals surface area contributed by atoms with Crippen LogP contribution < -0.4 is 0 Å². The molecule has 14 heavy (non-hydrogen) atoms. The van der Waals surface area contributed by atoms with Crippen LogP contribution in [0.3, 0.4) is 0 Å². The molecule has 0 radical (unpaired) electrons. The van der Waals surface area contributed by atoms with E-state index < -0.39 is 10.6 Å². The lowest BCUT2D eigenvalue weighted by molar-refractivity contribution is -0.385. The third-order valence-electron chi connectivity index (χ3n) is 1.94. The molecule has 0 bridgehead atoms. The van der Waals surface area contributed by atoms with Gasteiger partial charge in [0, 0.05) is 5.92 Å². The molecule has 0 amide bonds. The first-order chi connectivity index (χ1) is 6.59. The van der Waals surface area contributed by atoms with Crippen molar-refractivity contribution in [1.82, 2.24) is 9.97 Å². The highest BCUT2D eigenvalue weighted by molar-refractivity contribution is 6.36. The first kappa shape index (κ1) is 9.61. The second kappa shape index (κ2) is 3.33. The van der Waals surface area contributed by atoms with Crippen LogP contribution in [-0.2, 0) is 0 Å². The SMILES string of the molecule is O=[N+]([O-])c1c(Cl)nc(C2CC2)nc1Cl. The predicted molar refractivity (Wildman–Crippen MR) is 50.7 cm³/mol. The summed E-state index contributed by atoms with van der Waals surface area (Å²) in [5.74, 6) is 0.774. The topological polar surface area (TPSA) is 68.9 Å². The van der Waals surface area contributed by atoms with Gasteiger partial charge in [0.25, 0.3) is 0 Å². The predicted octanol–water partition coefficient (Wildman–Crippen LogP) is 2.57. The van der Waals surface area contributed by atoms with Gasteiger partial charge in [-0.15, -0.1) is 0 Å². The van der Waals surface area contributed by atoms with Crippen molar-refractivity contribution in [2.24, 2.45) is 0 Å². The van der Waals surface area contributed by atoms with Crippen LogP contribution in [0.1, 0.15) is 24.6 Å². The van der Waals surface area contributed by atoms with Crippen molar-refractivity contribution in [3.63, 3.8) is 0 Å². The van der Waals surface area contributed by atoms with Gasteiger partial charge in [0.1, 0.15) is 5.82 Å². The highest BCUT2D eigenvalue weighted by Crippen LogP contribution is 2.40. The van der Waals surface area contributed by atoms with Crippen LogP contribution in [0, 0.1) is 10.1 Å². The summed E-state index contributed by atoms with van der Waals surface area (Å²) >= 11 is 11.2. The molecule has 1 aliphatic rings. The molecule has 74 valence electrons. The van der Waals surface area contributed by atoms with Crippen molar-refractivity contribution >= 4 is 28.9 Å². The second-order valence-corrected chi connectivity index (χ2v) is 3.76. The van der Waals surface area contributed by atoms with Crippen molar-refractivity contribution < 1.29 is 4.92 Å². The zero-order valence-electron chi connectivity index (χ0n) is 6.91. The molecular weight excluding hydrogens is 229 g/mol. The van der Waals surface area contributed by atoms with Crippen molar-refractivity contribution in [3.05, 3.63) is 26.2 Å². The van der Waals surface area contributed by atoms with Gasteiger partial charge in [-0.1, -0.05) is 23.2 Å². The van der Waals surface area contributed by atoms with E-state index in [0.29, 0.717) is 5.82 Å². The minimum Gasteiger partial charge on any atom is -0.258 e. The maximum atomic E-state index is 10.5. The molecular formula is C7H5Cl2N3O2. The van der Waals surface area contributed by atoms with Crippen LogP contribution in [0.2, 0.25) is 10.3 Å². The molecule has 0 spiro atoms. The number of nitrogens with zero attached hydrogens (tertiary/aromatic N) is 3. The van der Waals surface area contributed by atoms with E-state index in [2.05, 4.69) is 9.97 Å². The Morgan fingerprint density at radius 3 is 2.14 bits per heavy atom. The molecule has 1 saturated carbocycles. The van der Waals surface area contributed by atoms with Crippen molar-refractivity contribution in [2.45, 2.75) is 18.8 Å². The molecule has 2 rings (SSSR count). The average Bonchev–Trinajstić information content (AvgIpc) is 2.83. The van der Waals surface area contributed by atoms with E-state index in [1.165, 1.54) is 0 Å². The minimum atomic E-state index is -0.679. The summed E-state index contributed by atoms with van der Waals surface area (Å²) in [7, 11) is 0. The molecule has 5 nitrogen and oxygen atoms in total. The molecule has 7 heteroatoms. The Kier molecular flexibility index (Phi) is 2.28. The normalized spacial score (nSPS) is 15.6. The Morgan fingerprint density at radius 1 is 1.29 bits per heavy atom. The largest absolute Gasteiger partial charge is 0.343 e. The zero-order chi connectivity index (χ0) is 10.3. The monoisotopic (exact) mass is 233 g/mol. The molecule has 1 fully saturated rings. The van der Waals surface area contributed by atoms with Gasteiger partial charge in [0.05, 0.1) is 4.92 Å². The van der Waals surface area contributed by atoms with Crippen molar-refractivity contribution in [3.8, 4) is 0 Å². The van der Waals surface area contributed by atoms with Crippen LogP contribution in [0.15, 0.2) is 0 Å². The standard InChI is InChI=1S/C7H5Cl2N3O2/c8-5-4(12(13)14)6(9)11-7(10-5)3-1-2-3/h3H,1-2H2. The summed E-state index contributed by atoms with van der Waals surface area (Å²) in [6, 6.07) is 0. The summed E-state index contributed by atoms with van der Waals surface area (Å²) in [6.45, 7) is 0. The lowest BCUT2D eigenvalue weighted by Crippen LogP contribution is -1.99. The summed E-state index contributed by atoms with van der Waals surface area (Å²) in [5, 5.41) is 10.1. The van der Waals surface area contributed by atoms with Crippen LogP contribution in [0.25, 0.3) is 0 Å². The van der Waals surface area contributed by atoms with Gasteiger partial charge in [-0.2, -0.15) is 0 Å². The molecule has 0 unspecified atom stereocenters. The quantitative estimate of drug-likeness (QED) is 0.448. The first-order valence-electron chi connectivity index (χ1n) is 3.97. The van der Waals surface area contributed by atoms with E-state index in [9.17, 15) is 10.1 Å². The summed E-state index contributed by atoms with van der Waals surface area (Å²) < 4.78 is 0. The second-order valence-electron chi connectivity index (χ2n) is 3.04. The van der Waals surface area contributed by atoms with Crippen LogP contribution in [0.4, 0.5) is 5.69 Å².